The van der Waals surface area contributed by atoms with Crippen molar-refractivity contribution < 1.29 is 14.3 Å². The Bertz CT molecular complexity index is 757. The van der Waals surface area contributed by atoms with Crippen LogP contribution in [0.25, 0.3) is 0 Å². The van der Waals surface area contributed by atoms with Gasteiger partial charge in [-0.2, -0.15) is 5.10 Å². The molecule has 3 rings (SSSR count). The average Bonchev–Trinajstić information content (AvgIpc) is 2.72. The zero-order valence-electron chi connectivity index (χ0n) is 13.5. The molecule has 2 aromatic rings. The number of aryl methyl sites for hydroxylation is 2. The van der Waals surface area contributed by atoms with Gasteiger partial charge in [0, 0.05) is 18.2 Å². The number of carbonyl (C=O) groups is 1. The molecule has 23 heavy (non-hydrogen) atoms. The summed E-state index contributed by atoms with van der Waals surface area (Å²) >= 11 is 1.56. The standard InChI is InChI=1S/C16H19N3O3S/c1-9-13-15(10-6-5-7-11(21-3)14(10)22-4)23-8-12(20)17-16(13)19(2)18-9/h5-7,15H,8H2,1-4H3,(H,17,20)/t15-/m1/s1. The lowest BCUT2D eigenvalue weighted by atomic mass is 10.0. The summed E-state index contributed by atoms with van der Waals surface area (Å²) in [4.78, 5) is 12.0. The van der Waals surface area contributed by atoms with Gasteiger partial charge in [-0.3, -0.25) is 9.48 Å². The van der Waals surface area contributed by atoms with Crippen molar-refractivity contribution in [1.82, 2.24) is 9.78 Å². The smallest absolute Gasteiger partial charge is 0.235 e. The number of benzene rings is 1. The summed E-state index contributed by atoms with van der Waals surface area (Å²) in [6, 6.07) is 5.80. The summed E-state index contributed by atoms with van der Waals surface area (Å²) in [7, 11) is 5.08. The number of carbonyl (C=O) groups excluding carboxylic acids is 1. The molecule has 7 heteroatoms. The maximum Gasteiger partial charge on any atom is 0.235 e. The second kappa shape index (κ2) is 6.16. The normalized spacial score (nSPS) is 17.2. The molecular formula is C16H19N3O3S. The van der Waals surface area contributed by atoms with Crippen molar-refractivity contribution in [1.29, 1.82) is 0 Å². The van der Waals surface area contributed by atoms with Gasteiger partial charge in [0.15, 0.2) is 11.5 Å². The van der Waals surface area contributed by atoms with E-state index < -0.39 is 0 Å². The van der Waals surface area contributed by atoms with Crippen LogP contribution in [0.15, 0.2) is 18.2 Å². The predicted molar refractivity (Wildman–Crippen MR) is 90.4 cm³/mol. The second-order valence-corrected chi connectivity index (χ2v) is 6.39. The lowest BCUT2D eigenvalue weighted by Gasteiger charge is -2.19. The number of hydrogen-bond donors (Lipinski definition) is 1. The first-order chi connectivity index (χ1) is 11.1. The van der Waals surface area contributed by atoms with Crippen molar-refractivity contribution in [3.05, 3.63) is 35.0 Å². The van der Waals surface area contributed by atoms with Crippen LogP contribution in [0.4, 0.5) is 5.82 Å². The fourth-order valence-corrected chi connectivity index (χ4v) is 4.12. The quantitative estimate of drug-likeness (QED) is 0.935. The molecule has 0 aliphatic carbocycles. The molecule has 122 valence electrons. The molecule has 0 saturated carbocycles. The van der Waals surface area contributed by atoms with Gasteiger partial charge in [-0.05, 0) is 13.0 Å². The van der Waals surface area contributed by atoms with Crippen molar-refractivity contribution in [2.45, 2.75) is 12.2 Å². The Balaban J connectivity index is 2.20. The highest BCUT2D eigenvalue weighted by Gasteiger charge is 2.31. The number of fused-ring (bicyclic) bond motifs is 1. The van der Waals surface area contributed by atoms with Crippen LogP contribution in [0.2, 0.25) is 0 Å². The minimum atomic E-state index is -0.0531. The Morgan fingerprint density at radius 2 is 2.13 bits per heavy atom. The Morgan fingerprint density at radius 3 is 2.83 bits per heavy atom. The Morgan fingerprint density at radius 1 is 1.35 bits per heavy atom. The molecule has 0 fully saturated rings. The average molecular weight is 333 g/mol. The zero-order chi connectivity index (χ0) is 16.6. The monoisotopic (exact) mass is 333 g/mol. The van der Waals surface area contributed by atoms with Crippen molar-refractivity contribution in [3.63, 3.8) is 0 Å². The summed E-state index contributed by atoms with van der Waals surface area (Å²) in [6.07, 6.45) is 0. The topological polar surface area (TPSA) is 65.4 Å². The van der Waals surface area contributed by atoms with Gasteiger partial charge in [0.2, 0.25) is 5.91 Å². The molecule has 0 spiro atoms. The van der Waals surface area contributed by atoms with Crippen molar-refractivity contribution in [2.24, 2.45) is 7.05 Å². The van der Waals surface area contributed by atoms with Crippen LogP contribution >= 0.6 is 11.8 Å². The highest BCUT2D eigenvalue weighted by Crippen LogP contribution is 2.47. The number of thioether (sulfide) groups is 1. The van der Waals surface area contributed by atoms with Gasteiger partial charge in [0.05, 0.1) is 30.9 Å². The van der Waals surface area contributed by atoms with E-state index in [1.54, 1.807) is 30.7 Å². The van der Waals surface area contributed by atoms with Crippen LogP contribution in [-0.4, -0.2) is 35.7 Å². The predicted octanol–water partition coefficient (Wildman–Crippen LogP) is 2.52. The number of rotatable bonds is 3. The van der Waals surface area contributed by atoms with E-state index >= 15 is 0 Å². The van der Waals surface area contributed by atoms with Crippen molar-refractivity contribution in [2.75, 3.05) is 25.3 Å². The van der Waals surface area contributed by atoms with Gasteiger partial charge in [-0.15, -0.1) is 11.8 Å². The van der Waals surface area contributed by atoms with Gasteiger partial charge in [-0.25, -0.2) is 0 Å². The minimum absolute atomic E-state index is 0.0244. The molecule has 1 amide bonds. The molecule has 6 nitrogen and oxygen atoms in total. The molecule has 1 aliphatic rings. The molecule has 1 N–H and O–H groups in total. The summed E-state index contributed by atoms with van der Waals surface area (Å²) in [5, 5.41) is 7.35. The highest BCUT2D eigenvalue weighted by atomic mass is 32.2. The third-order valence-electron chi connectivity index (χ3n) is 3.89. The van der Waals surface area contributed by atoms with Crippen molar-refractivity contribution in [3.8, 4) is 11.5 Å². The molecular weight excluding hydrogens is 314 g/mol. The molecule has 0 saturated heterocycles. The fourth-order valence-electron chi connectivity index (χ4n) is 2.91. The SMILES string of the molecule is COc1cccc([C@H]2SCC(=O)Nc3c2c(C)nn3C)c1OC. The van der Waals surface area contributed by atoms with E-state index in [9.17, 15) is 4.79 Å². The van der Waals surface area contributed by atoms with E-state index in [0.717, 1.165) is 22.6 Å². The molecule has 1 atom stereocenters. The number of methoxy groups -OCH3 is 2. The van der Waals surface area contributed by atoms with Crippen LogP contribution in [-0.2, 0) is 11.8 Å². The van der Waals surface area contributed by atoms with Gasteiger partial charge in [0.1, 0.15) is 5.82 Å². The molecule has 1 aromatic carbocycles. The summed E-state index contributed by atoms with van der Waals surface area (Å²) in [5.74, 6) is 2.46. The van der Waals surface area contributed by atoms with E-state index in [2.05, 4.69) is 10.4 Å². The lowest BCUT2D eigenvalue weighted by molar-refractivity contribution is -0.113. The van der Waals surface area contributed by atoms with Gasteiger partial charge >= 0.3 is 0 Å². The molecule has 1 aliphatic heterocycles. The summed E-state index contributed by atoms with van der Waals surface area (Å²) < 4.78 is 12.7. The number of hydrogen-bond acceptors (Lipinski definition) is 5. The van der Waals surface area contributed by atoms with Crippen molar-refractivity contribution >= 4 is 23.5 Å². The van der Waals surface area contributed by atoms with E-state index in [0.29, 0.717) is 17.3 Å². The molecule has 0 bridgehead atoms. The van der Waals surface area contributed by atoms with Gasteiger partial charge < -0.3 is 14.8 Å². The first kappa shape index (κ1) is 15.7. The van der Waals surface area contributed by atoms with Crippen LogP contribution in [0.5, 0.6) is 11.5 Å². The largest absolute Gasteiger partial charge is 0.493 e. The third kappa shape index (κ3) is 2.65. The van der Waals surface area contributed by atoms with E-state index in [1.165, 1.54) is 0 Å². The highest BCUT2D eigenvalue weighted by molar-refractivity contribution is 8.00. The molecule has 2 heterocycles. The minimum Gasteiger partial charge on any atom is -0.493 e. The van der Waals surface area contributed by atoms with E-state index in [1.807, 2.05) is 32.2 Å². The first-order valence-corrected chi connectivity index (χ1v) is 8.27. The number of nitrogens with one attached hydrogen (secondary N) is 1. The maximum absolute atomic E-state index is 12.0. The van der Waals surface area contributed by atoms with E-state index in [-0.39, 0.29) is 11.2 Å². The number of aromatic nitrogens is 2. The van der Waals surface area contributed by atoms with E-state index in [4.69, 9.17) is 9.47 Å². The lowest BCUT2D eigenvalue weighted by Crippen LogP contribution is -2.15. The van der Waals surface area contributed by atoms with Crippen LogP contribution in [0, 0.1) is 6.92 Å². The number of anilines is 1. The maximum atomic E-state index is 12.0. The third-order valence-corrected chi connectivity index (χ3v) is 5.14. The second-order valence-electron chi connectivity index (χ2n) is 5.29. The fraction of sp³-hybridized carbons (Fsp3) is 0.375. The summed E-state index contributed by atoms with van der Waals surface area (Å²) in [6.45, 7) is 1.95. The summed E-state index contributed by atoms with van der Waals surface area (Å²) in [5.41, 5.74) is 2.88. The number of nitrogens with zero attached hydrogens (tertiary/aromatic N) is 2. The zero-order valence-corrected chi connectivity index (χ0v) is 14.4. The molecule has 1 aromatic heterocycles. The number of para-hydroxylation sites is 1. The Labute approximate surface area is 139 Å². The molecule has 0 radical (unpaired) electrons. The first-order valence-electron chi connectivity index (χ1n) is 7.22. The van der Waals surface area contributed by atoms with Gasteiger partial charge in [0.25, 0.3) is 0 Å². The van der Waals surface area contributed by atoms with Crippen LogP contribution in [0.3, 0.4) is 0 Å². The van der Waals surface area contributed by atoms with Gasteiger partial charge in [-0.1, -0.05) is 12.1 Å². The van der Waals surface area contributed by atoms with Crippen LogP contribution < -0.4 is 14.8 Å². The Kier molecular flexibility index (Phi) is 4.21. The van der Waals surface area contributed by atoms with Crippen LogP contribution in [0.1, 0.15) is 22.1 Å². The number of ether oxygens (including phenoxy) is 2. The molecule has 0 unspecified atom stereocenters. The number of amides is 1. The Hall–Kier alpha value is -2.15.